The Bertz CT molecular complexity index is 731. The van der Waals surface area contributed by atoms with Gasteiger partial charge < -0.3 is 4.98 Å². The van der Waals surface area contributed by atoms with Crippen molar-refractivity contribution in [3.63, 3.8) is 0 Å². The molecule has 0 aliphatic carbocycles. The molecule has 1 aromatic carbocycles. The lowest BCUT2D eigenvalue weighted by molar-refractivity contribution is 1.22. The number of rotatable bonds is 1. The first-order valence-electron chi connectivity index (χ1n) is 5.73. The molecule has 18 heavy (non-hydrogen) atoms. The average molecular weight is 302 g/mol. The molecular weight excluding hydrogens is 290 g/mol. The van der Waals surface area contributed by atoms with Gasteiger partial charge in [0.15, 0.2) is 5.82 Å². The Hall–Kier alpha value is -1.68. The zero-order valence-electron chi connectivity index (χ0n) is 10.2. The predicted molar refractivity (Wildman–Crippen MR) is 76.5 cm³/mol. The second kappa shape index (κ2) is 4.21. The van der Waals surface area contributed by atoms with Crippen LogP contribution in [0.5, 0.6) is 0 Å². The van der Waals surface area contributed by atoms with E-state index >= 15 is 0 Å². The molecule has 2 heterocycles. The highest BCUT2D eigenvalue weighted by Gasteiger charge is 2.11. The highest BCUT2D eigenvalue weighted by molar-refractivity contribution is 9.10. The molecule has 0 fully saturated rings. The maximum atomic E-state index is 4.64. The van der Waals surface area contributed by atoms with Crippen LogP contribution in [0.3, 0.4) is 0 Å². The molecule has 0 radical (unpaired) electrons. The molecule has 0 aliphatic rings. The van der Waals surface area contributed by atoms with Crippen molar-refractivity contribution in [3.8, 4) is 11.5 Å². The fourth-order valence-electron chi connectivity index (χ4n) is 2.14. The number of fused-ring (bicyclic) bond motifs is 1. The fraction of sp³-hybridized carbons (Fsp3) is 0.143. The molecule has 3 aromatic rings. The smallest absolute Gasteiger partial charge is 0.158 e. The number of hydrogen-bond acceptors (Lipinski definition) is 2. The summed E-state index contributed by atoms with van der Waals surface area (Å²) in [5.41, 5.74) is 5.31. The molecule has 3 rings (SSSR count). The summed E-state index contributed by atoms with van der Waals surface area (Å²) < 4.78 is 0.943. The third-order valence-electron chi connectivity index (χ3n) is 2.90. The van der Waals surface area contributed by atoms with Gasteiger partial charge in [-0.15, -0.1) is 0 Å². The van der Waals surface area contributed by atoms with E-state index in [1.165, 1.54) is 11.1 Å². The Balaban J connectivity index is 2.26. The number of nitrogens with one attached hydrogen (secondary N) is 1. The molecule has 0 atom stereocenters. The van der Waals surface area contributed by atoms with Crippen LogP contribution in [-0.2, 0) is 0 Å². The molecule has 0 amide bonds. The van der Waals surface area contributed by atoms with Gasteiger partial charge >= 0.3 is 0 Å². The molecular formula is C14H12BrN3. The number of H-pyrrole nitrogens is 1. The normalized spacial score (nSPS) is 11.1. The molecule has 1 N–H and O–H groups in total. The summed E-state index contributed by atoms with van der Waals surface area (Å²) in [4.78, 5) is 12.3. The molecule has 0 aliphatic heterocycles. The number of aromatic nitrogens is 3. The van der Waals surface area contributed by atoms with Gasteiger partial charge in [0, 0.05) is 10.7 Å². The van der Waals surface area contributed by atoms with Crippen molar-refractivity contribution >= 4 is 27.0 Å². The Morgan fingerprint density at radius 2 is 2.06 bits per heavy atom. The summed E-state index contributed by atoms with van der Waals surface area (Å²) >= 11 is 3.50. The second-order valence-electron chi connectivity index (χ2n) is 4.40. The molecule has 3 nitrogen and oxygen atoms in total. The first-order valence-corrected chi connectivity index (χ1v) is 6.52. The molecule has 4 heteroatoms. The van der Waals surface area contributed by atoms with E-state index in [-0.39, 0.29) is 0 Å². The molecule has 0 unspecified atom stereocenters. The van der Waals surface area contributed by atoms with E-state index < -0.39 is 0 Å². The lowest BCUT2D eigenvalue weighted by Crippen LogP contribution is -1.86. The van der Waals surface area contributed by atoms with Crippen LogP contribution in [0.25, 0.3) is 22.6 Å². The zero-order chi connectivity index (χ0) is 12.7. The van der Waals surface area contributed by atoms with Crippen molar-refractivity contribution in [1.82, 2.24) is 15.0 Å². The number of hydrogen-bond donors (Lipinski definition) is 1. The number of benzene rings is 1. The van der Waals surface area contributed by atoms with E-state index in [4.69, 9.17) is 0 Å². The summed E-state index contributed by atoms with van der Waals surface area (Å²) in [7, 11) is 0. The van der Waals surface area contributed by atoms with Gasteiger partial charge in [-0.05, 0) is 59.1 Å². The fourth-order valence-corrected chi connectivity index (χ4v) is 2.59. The van der Waals surface area contributed by atoms with Gasteiger partial charge in [-0.3, -0.25) is 4.98 Å². The topological polar surface area (TPSA) is 41.6 Å². The van der Waals surface area contributed by atoms with Crippen molar-refractivity contribution in [2.24, 2.45) is 0 Å². The van der Waals surface area contributed by atoms with Crippen LogP contribution < -0.4 is 0 Å². The molecule has 2 aromatic heterocycles. The molecule has 0 bridgehead atoms. The maximum Gasteiger partial charge on any atom is 0.158 e. The quantitative estimate of drug-likeness (QED) is 0.738. The minimum Gasteiger partial charge on any atom is -0.337 e. The first-order chi connectivity index (χ1) is 8.65. The highest BCUT2D eigenvalue weighted by atomic mass is 79.9. The SMILES string of the molecule is Cc1cc(C)c2nc(-c3ncccc3Br)[nH]c2c1. The lowest BCUT2D eigenvalue weighted by atomic mass is 10.1. The van der Waals surface area contributed by atoms with E-state index in [0.29, 0.717) is 0 Å². The summed E-state index contributed by atoms with van der Waals surface area (Å²) in [6.07, 6.45) is 1.77. The number of imidazole rings is 1. The van der Waals surface area contributed by atoms with Crippen LogP contribution in [0.2, 0.25) is 0 Å². The van der Waals surface area contributed by atoms with Gasteiger partial charge in [0.2, 0.25) is 0 Å². The Kier molecular flexibility index (Phi) is 2.67. The maximum absolute atomic E-state index is 4.64. The molecule has 90 valence electrons. The third kappa shape index (κ3) is 1.82. The Morgan fingerprint density at radius 3 is 2.83 bits per heavy atom. The van der Waals surface area contributed by atoms with Crippen LogP contribution in [-0.4, -0.2) is 15.0 Å². The summed E-state index contributed by atoms with van der Waals surface area (Å²) in [6, 6.07) is 8.11. The van der Waals surface area contributed by atoms with Crippen LogP contribution in [0, 0.1) is 13.8 Å². The Labute approximate surface area is 113 Å². The average Bonchev–Trinajstić information content (AvgIpc) is 2.73. The number of aromatic amines is 1. The van der Waals surface area contributed by atoms with Gasteiger partial charge in [0.1, 0.15) is 5.69 Å². The summed E-state index contributed by atoms with van der Waals surface area (Å²) in [6.45, 7) is 4.16. The number of aryl methyl sites for hydroxylation is 2. The second-order valence-corrected chi connectivity index (χ2v) is 5.25. The summed E-state index contributed by atoms with van der Waals surface area (Å²) in [5.74, 6) is 0.797. The predicted octanol–water partition coefficient (Wildman–Crippen LogP) is 4.00. The third-order valence-corrected chi connectivity index (χ3v) is 3.54. The van der Waals surface area contributed by atoms with Crippen molar-refractivity contribution in [2.75, 3.05) is 0 Å². The lowest BCUT2D eigenvalue weighted by Gasteiger charge is -1.97. The van der Waals surface area contributed by atoms with Crippen LogP contribution in [0.15, 0.2) is 34.9 Å². The van der Waals surface area contributed by atoms with Gasteiger partial charge in [-0.25, -0.2) is 4.98 Å². The van der Waals surface area contributed by atoms with Crippen LogP contribution in [0.1, 0.15) is 11.1 Å². The van der Waals surface area contributed by atoms with E-state index in [9.17, 15) is 0 Å². The minimum atomic E-state index is 0.797. The monoisotopic (exact) mass is 301 g/mol. The highest BCUT2D eigenvalue weighted by Crippen LogP contribution is 2.27. The van der Waals surface area contributed by atoms with E-state index in [2.05, 4.69) is 56.9 Å². The molecule has 0 saturated carbocycles. The zero-order valence-corrected chi connectivity index (χ0v) is 11.7. The van der Waals surface area contributed by atoms with Gasteiger partial charge in [-0.2, -0.15) is 0 Å². The van der Waals surface area contributed by atoms with E-state index in [1.807, 2.05) is 12.1 Å². The first kappa shape index (κ1) is 11.4. The number of nitrogens with zero attached hydrogens (tertiary/aromatic N) is 2. The van der Waals surface area contributed by atoms with Gasteiger partial charge in [0.25, 0.3) is 0 Å². The Morgan fingerprint density at radius 1 is 1.22 bits per heavy atom. The number of halogens is 1. The standard InChI is InChI=1S/C14H12BrN3/c1-8-6-9(2)12-11(7-8)17-14(18-12)13-10(15)4-3-5-16-13/h3-7H,1-2H3,(H,17,18). The largest absolute Gasteiger partial charge is 0.337 e. The molecule has 0 spiro atoms. The van der Waals surface area contributed by atoms with Crippen molar-refractivity contribution in [3.05, 3.63) is 46.1 Å². The van der Waals surface area contributed by atoms with Crippen LogP contribution >= 0.6 is 15.9 Å². The molecule has 0 saturated heterocycles. The van der Waals surface area contributed by atoms with E-state index in [1.54, 1.807) is 6.20 Å². The van der Waals surface area contributed by atoms with Crippen molar-refractivity contribution < 1.29 is 0 Å². The van der Waals surface area contributed by atoms with Gasteiger partial charge in [-0.1, -0.05) is 6.07 Å². The van der Waals surface area contributed by atoms with Crippen LogP contribution in [0.4, 0.5) is 0 Å². The summed E-state index contributed by atoms with van der Waals surface area (Å²) in [5, 5.41) is 0. The van der Waals surface area contributed by atoms with Crippen molar-refractivity contribution in [2.45, 2.75) is 13.8 Å². The van der Waals surface area contributed by atoms with Crippen molar-refractivity contribution in [1.29, 1.82) is 0 Å². The van der Waals surface area contributed by atoms with Gasteiger partial charge in [0.05, 0.1) is 11.0 Å². The minimum absolute atomic E-state index is 0.797. The van der Waals surface area contributed by atoms with E-state index in [0.717, 1.165) is 27.0 Å². The number of pyridine rings is 1.